The highest BCUT2D eigenvalue weighted by molar-refractivity contribution is 7.89. The molecule has 1 atom stereocenters. The van der Waals surface area contributed by atoms with E-state index in [-0.39, 0.29) is 17.3 Å². The topological polar surface area (TPSA) is 122 Å². The Kier molecular flexibility index (Phi) is 4.24. The van der Waals surface area contributed by atoms with Crippen molar-refractivity contribution >= 4 is 22.0 Å². The van der Waals surface area contributed by atoms with Gasteiger partial charge in [0.15, 0.2) is 5.54 Å². The van der Waals surface area contributed by atoms with Crippen molar-refractivity contribution in [1.82, 2.24) is 24.9 Å². The average Bonchev–Trinajstić information content (AvgIpc) is 3.41. The summed E-state index contributed by atoms with van der Waals surface area (Å²) in [5.41, 5.74) is 2.55. The molecule has 1 aliphatic carbocycles. The second-order valence-electron chi connectivity index (χ2n) is 7.65. The van der Waals surface area contributed by atoms with Gasteiger partial charge in [-0.25, -0.2) is 22.9 Å². The summed E-state index contributed by atoms with van der Waals surface area (Å²) >= 11 is 0. The Balaban J connectivity index is 1.45. The molecule has 0 saturated carbocycles. The summed E-state index contributed by atoms with van der Waals surface area (Å²) in [6, 6.07) is 12.3. The van der Waals surface area contributed by atoms with E-state index in [4.69, 9.17) is 0 Å². The minimum absolute atomic E-state index is 0.0961. The molecule has 5 rings (SSSR count). The molecule has 1 unspecified atom stereocenters. The fraction of sp³-hybridized carbons (Fsp3) is 0.190. The maximum Gasteiger partial charge on any atom is 0.322 e. The number of carbonyl (C=O) groups excluding carboxylic acids is 2. The number of imide groups is 1. The van der Waals surface area contributed by atoms with Gasteiger partial charge in [-0.1, -0.05) is 30.3 Å². The third-order valence-electron chi connectivity index (χ3n) is 5.75. The smallest absolute Gasteiger partial charge is 0.322 e. The van der Waals surface area contributed by atoms with Crippen LogP contribution >= 0.6 is 0 Å². The third-order valence-corrected chi connectivity index (χ3v) is 7.15. The first-order valence-corrected chi connectivity index (χ1v) is 11.1. The van der Waals surface area contributed by atoms with E-state index in [1.165, 1.54) is 6.20 Å². The molecule has 0 spiro atoms. The highest BCUT2D eigenvalue weighted by Crippen LogP contribution is 2.37. The molecular weight excluding hydrogens is 418 g/mol. The first-order chi connectivity index (χ1) is 14.8. The minimum Gasteiger partial charge on any atom is -0.336 e. The predicted molar refractivity (Wildman–Crippen MR) is 111 cm³/mol. The fourth-order valence-electron chi connectivity index (χ4n) is 4.20. The van der Waals surface area contributed by atoms with Gasteiger partial charge in [0.2, 0.25) is 10.0 Å². The van der Waals surface area contributed by atoms with Crippen molar-refractivity contribution in [2.24, 2.45) is 7.05 Å². The Labute approximate surface area is 178 Å². The molecular formula is C21H19N5O4S. The van der Waals surface area contributed by atoms with Crippen molar-refractivity contribution in [3.05, 3.63) is 71.8 Å². The van der Waals surface area contributed by atoms with Crippen LogP contribution in [-0.4, -0.2) is 36.5 Å². The van der Waals surface area contributed by atoms with Crippen LogP contribution in [0, 0.1) is 0 Å². The normalized spacial score (nSPS) is 19.6. The Hall–Kier alpha value is -3.50. The van der Waals surface area contributed by atoms with E-state index in [0.29, 0.717) is 6.42 Å². The maximum absolute atomic E-state index is 13.1. The molecule has 9 nitrogen and oxygen atoms in total. The zero-order valence-electron chi connectivity index (χ0n) is 16.5. The van der Waals surface area contributed by atoms with Crippen molar-refractivity contribution in [2.45, 2.75) is 16.9 Å². The molecule has 1 aromatic heterocycles. The monoisotopic (exact) mass is 437 g/mol. The summed E-state index contributed by atoms with van der Waals surface area (Å²) < 4.78 is 30.2. The van der Waals surface area contributed by atoms with Gasteiger partial charge in [0.1, 0.15) is 5.82 Å². The van der Waals surface area contributed by atoms with Gasteiger partial charge in [-0.3, -0.25) is 10.1 Å². The molecule has 31 heavy (non-hydrogen) atoms. The molecule has 158 valence electrons. The van der Waals surface area contributed by atoms with Gasteiger partial charge in [0.25, 0.3) is 5.91 Å². The standard InChI is InChI=1S/C21H19N5O4S/c1-26-9-8-22-18(26)21(19(27)24-20(28)25-21)12-23-31(29,30)15-6-7-17-14(11-15)10-13-4-2-3-5-16(13)17/h2-9,11,23H,10,12H2,1H3,(H2,24,25,27,28). The molecule has 3 aromatic rings. The summed E-state index contributed by atoms with van der Waals surface area (Å²) in [6.45, 7) is -0.380. The van der Waals surface area contributed by atoms with E-state index in [2.05, 4.69) is 20.3 Å². The molecule has 1 fully saturated rings. The van der Waals surface area contributed by atoms with Gasteiger partial charge in [0.05, 0.1) is 11.4 Å². The maximum atomic E-state index is 13.1. The Morgan fingerprint density at radius 1 is 1.13 bits per heavy atom. The zero-order valence-corrected chi connectivity index (χ0v) is 17.4. The van der Waals surface area contributed by atoms with E-state index in [1.54, 1.807) is 36.0 Å². The van der Waals surface area contributed by atoms with Crippen LogP contribution in [0.4, 0.5) is 4.79 Å². The number of sulfonamides is 1. The lowest BCUT2D eigenvalue weighted by Gasteiger charge is -2.25. The lowest BCUT2D eigenvalue weighted by atomic mass is 9.99. The van der Waals surface area contributed by atoms with Crippen LogP contribution in [0.1, 0.15) is 17.0 Å². The number of amides is 3. The number of rotatable bonds is 5. The molecule has 10 heteroatoms. The number of imidazole rings is 1. The number of aryl methyl sites for hydroxylation is 1. The van der Waals surface area contributed by atoms with Crippen LogP contribution in [0.3, 0.4) is 0 Å². The van der Waals surface area contributed by atoms with Crippen molar-refractivity contribution in [1.29, 1.82) is 0 Å². The minimum atomic E-state index is -3.96. The predicted octanol–water partition coefficient (Wildman–Crippen LogP) is 1.00. The van der Waals surface area contributed by atoms with Gasteiger partial charge in [-0.2, -0.15) is 0 Å². The second-order valence-corrected chi connectivity index (χ2v) is 9.42. The third kappa shape index (κ3) is 3.03. The largest absolute Gasteiger partial charge is 0.336 e. The molecule has 0 radical (unpaired) electrons. The Morgan fingerprint density at radius 3 is 2.61 bits per heavy atom. The zero-order chi connectivity index (χ0) is 21.8. The molecule has 2 aliphatic rings. The molecule has 0 bridgehead atoms. The molecule has 3 N–H and O–H groups in total. The van der Waals surface area contributed by atoms with Crippen molar-refractivity contribution in [3.63, 3.8) is 0 Å². The molecule has 2 heterocycles. The van der Waals surface area contributed by atoms with E-state index in [9.17, 15) is 18.0 Å². The number of nitrogens with zero attached hydrogens (tertiary/aromatic N) is 2. The van der Waals surface area contributed by atoms with Gasteiger partial charge < -0.3 is 9.88 Å². The second kappa shape index (κ2) is 6.76. The lowest BCUT2D eigenvalue weighted by Crippen LogP contribution is -2.53. The van der Waals surface area contributed by atoms with Crippen LogP contribution in [0.5, 0.6) is 0 Å². The number of urea groups is 1. The van der Waals surface area contributed by atoms with Crippen LogP contribution in [0.15, 0.2) is 59.8 Å². The van der Waals surface area contributed by atoms with Crippen LogP contribution < -0.4 is 15.4 Å². The van der Waals surface area contributed by atoms with Crippen LogP contribution in [0.2, 0.25) is 0 Å². The Morgan fingerprint density at radius 2 is 1.90 bits per heavy atom. The average molecular weight is 437 g/mol. The van der Waals surface area contributed by atoms with Gasteiger partial charge >= 0.3 is 6.03 Å². The van der Waals surface area contributed by atoms with E-state index < -0.39 is 27.5 Å². The van der Waals surface area contributed by atoms with Crippen molar-refractivity contribution < 1.29 is 18.0 Å². The summed E-state index contributed by atoms with van der Waals surface area (Å²) in [4.78, 5) is 28.7. The molecule has 1 saturated heterocycles. The SMILES string of the molecule is Cn1ccnc1C1(CNS(=O)(=O)c2ccc3c(c2)Cc2ccccc2-3)NC(=O)NC1=O. The highest BCUT2D eigenvalue weighted by Gasteiger charge is 2.51. The van der Waals surface area contributed by atoms with Crippen LogP contribution in [0.25, 0.3) is 11.1 Å². The number of nitrogens with one attached hydrogen (secondary N) is 3. The summed E-state index contributed by atoms with van der Waals surface area (Å²) in [6.07, 6.45) is 3.74. The van der Waals surface area contributed by atoms with E-state index >= 15 is 0 Å². The Bertz CT molecular complexity index is 1350. The van der Waals surface area contributed by atoms with Gasteiger partial charge in [-0.15, -0.1) is 0 Å². The number of hydrogen-bond donors (Lipinski definition) is 3. The van der Waals surface area contributed by atoms with Crippen molar-refractivity contribution in [3.8, 4) is 11.1 Å². The van der Waals surface area contributed by atoms with E-state index in [0.717, 1.165) is 22.3 Å². The summed E-state index contributed by atoms with van der Waals surface area (Å²) in [5, 5.41) is 4.69. The molecule has 2 aromatic carbocycles. The molecule has 3 amide bonds. The summed E-state index contributed by atoms with van der Waals surface area (Å²) in [5.74, 6) is -0.443. The van der Waals surface area contributed by atoms with Crippen LogP contribution in [-0.2, 0) is 33.8 Å². The number of fused-ring (bicyclic) bond motifs is 3. The van der Waals surface area contributed by atoms with E-state index in [1.807, 2.05) is 24.3 Å². The van der Waals surface area contributed by atoms with Crippen molar-refractivity contribution in [2.75, 3.05) is 6.54 Å². The quantitative estimate of drug-likeness (QED) is 0.402. The number of carbonyl (C=O) groups is 2. The lowest BCUT2D eigenvalue weighted by molar-refractivity contribution is -0.124. The van der Waals surface area contributed by atoms with Gasteiger partial charge in [0, 0.05) is 19.4 Å². The summed E-state index contributed by atoms with van der Waals surface area (Å²) in [7, 11) is -2.30. The number of benzene rings is 2. The number of hydrogen-bond acceptors (Lipinski definition) is 5. The molecule has 1 aliphatic heterocycles. The highest BCUT2D eigenvalue weighted by atomic mass is 32.2. The van der Waals surface area contributed by atoms with Gasteiger partial charge in [-0.05, 0) is 40.8 Å². The first kappa shape index (κ1) is 19.5. The number of aromatic nitrogens is 2. The first-order valence-electron chi connectivity index (χ1n) is 9.62. The fourth-order valence-corrected chi connectivity index (χ4v) is 5.32.